The molecule has 1 aromatic rings. The largest absolute Gasteiger partial charge is 0.417 e. The number of nitrogens with zero attached hydrogens (tertiary/aromatic N) is 1. The minimum Gasteiger partial charge on any atom is -0.334 e. The molecule has 0 aliphatic heterocycles. The zero-order valence-electron chi connectivity index (χ0n) is 11.0. The molecule has 0 fully saturated rings. The highest BCUT2D eigenvalue weighted by molar-refractivity contribution is 8.00. The third kappa shape index (κ3) is 5.94. The topological polar surface area (TPSA) is 71.1 Å². The molecule has 0 saturated heterocycles. The smallest absolute Gasteiger partial charge is 0.334 e. The molecule has 0 aliphatic carbocycles. The second kappa shape index (κ2) is 8.04. The number of hydrogen-bond acceptors (Lipinski definition) is 4. The van der Waals surface area contributed by atoms with Crippen molar-refractivity contribution in [1.82, 2.24) is 15.6 Å². The van der Waals surface area contributed by atoms with E-state index in [2.05, 4.69) is 16.9 Å². The third-order valence-electron chi connectivity index (χ3n) is 2.13. The SMILES string of the molecule is C=CCNC(=O)NC(=O)CSc1ncc(C(F)(F)F)cc1Cl. The standard InChI is InChI=1S/C12H11ClF3N3O2S/c1-2-3-17-11(21)19-9(20)6-22-10-8(13)4-7(5-18-10)12(14,15)16/h2,4-5H,1,3,6H2,(H2,17,19,20,21). The number of halogens is 4. The van der Waals surface area contributed by atoms with E-state index in [1.807, 2.05) is 5.32 Å². The average Bonchev–Trinajstić information content (AvgIpc) is 2.42. The Morgan fingerprint density at radius 3 is 2.68 bits per heavy atom. The van der Waals surface area contributed by atoms with Crippen molar-refractivity contribution < 1.29 is 22.8 Å². The quantitative estimate of drug-likeness (QED) is 0.630. The van der Waals surface area contributed by atoms with Crippen molar-refractivity contribution in [3.63, 3.8) is 0 Å². The van der Waals surface area contributed by atoms with E-state index in [0.717, 1.165) is 17.8 Å². The van der Waals surface area contributed by atoms with Crippen LogP contribution in [0.5, 0.6) is 0 Å². The highest BCUT2D eigenvalue weighted by Crippen LogP contribution is 2.33. The summed E-state index contributed by atoms with van der Waals surface area (Å²) < 4.78 is 37.3. The summed E-state index contributed by atoms with van der Waals surface area (Å²) in [4.78, 5) is 26.2. The predicted molar refractivity (Wildman–Crippen MR) is 76.7 cm³/mol. The molecule has 0 unspecified atom stereocenters. The minimum absolute atomic E-state index is 0.0660. The van der Waals surface area contributed by atoms with E-state index in [1.54, 1.807) is 0 Å². The Morgan fingerprint density at radius 1 is 1.45 bits per heavy atom. The molecule has 10 heteroatoms. The number of carbonyl (C=O) groups is 2. The number of imide groups is 1. The Balaban J connectivity index is 2.56. The molecule has 0 bridgehead atoms. The molecule has 1 aromatic heterocycles. The maximum atomic E-state index is 12.4. The Bertz CT molecular complexity index is 581. The second-order valence-corrected chi connectivity index (χ2v) is 5.22. The van der Waals surface area contributed by atoms with E-state index in [-0.39, 0.29) is 22.3 Å². The fraction of sp³-hybridized carbons (Fsp3) is 0.250. The maximum absolute atomic E-state index is 12.4. The van der Waals surface area contributed by atoms with Crippen LogP contribution in [-0.2, 0) is 11.0 Å². The van der Waals surface area contributed by atoms with Crippen LogP contribution in [0.25, 0.3) is 0 Å². The fourth-order valence-electron chi connectivity index (χ4n) is 1.19. The van der Waals surface area contributed by atoms with Crippen LogP contribution in [0.2, 0.25) is 5.02 Å². The summed E-state index contributed by atoms with van der Waals surface area (Å²) >= 11 is 6.51. The zero-order valence-corrected chi connectivity index (χ0v) is 12.6. The zero-order chi connectivity index (χ0) is 16.8. The highest BCUT2D eigenvalue weighted by Gasteiger charge is 2.31. The monoisotopic (exact) mass is 353 g/mol. The van der Waals surface area contributed by atoms with E-state index >= 15 is 0 Å². The van der Waals surface area contributed by atoms with Gasteiger partial charge in [-0.25, -0.2) is 9.78 Å². The van der Waals surface area contributed by atoms with Crippen molar-refractivity contribution in [3.05, 3.63) is 35.5 Å². The number of urea groups is 1. The van der Waals surface area contributed by atoms with Crippen LogP contribution in [0.4, 0.5) is 18.0 Å². The van der Waals surface area contributed by atoms with Gasteiger partial charge in [-0.15, -0.1) is 6.58 Å². The minimum atomic E-state index is -4.54. The van der Waals surface area contributed by atoms with Gasteiger partial charge in [-0.05, 0) is 6.07 Å². The Hall–Kier alpha value is -1.74. The average molecular weight is 354 g/mol. The van der Waals surface area contributed by atoms with Gasteiger partial charge in [0.1, 0.15) is 5.03 Å². The van der Waals surface area contributed by atoms with E-state index < -0.39 is 23.7 Å². The number of thioether (sulfide) groups is 1. The van der Waals surface area contributed by atoms with Gasteiger partial charge in [-0.3, -0.25) is 10.1 Å². The van der Waals surface area contributed by atoms with Crippen molar-refractivity contribution >= 4 is 35.3 Å². The lowest BCUT2D eigenvalue weighted by Gasteiger charge is -2.09. The highest BCUT2D eigenvalue weighted by atomic mass is 35.5. The van der Waals surface area contributed by atoms with Gasteiger partial charge < -0.3 is 5.32 Å². The van der Waals surface area contributed by atoms with Crippen molar-refractivity contribution in [2.75, 3.05) is 12.3 Å². The summed E-state index contributed by atoms with van der Waals surface area (Å²) in [6.45, 7) is 3.58. The first-order valence-corrected chi connectivity index (χ1v) is 7.14. The number of carbonyl (C=O) groups excluding carboxylic acids is 2. The van der Waals surface area contributed by atoms with Gasteiger partial charge in [0.15, 0.2) is 0 Å². The first-order chi connectivity index (χ1) is 10.2. The van der Waals surface area contributed by atoms with E-state index in [4.69, 9.17) is 11.6 Å². The number of nitrogens with one attached hydrogen (secondary N) is 2. The Labute approximate surface area is 133 Å². The third-order valence-corrected chi connectivity index (χ3v) is 3.54. The first-order valence-electron chi connectivity index (χ1n) is 5.78. The van der Waals surface area contributed by atoms with Crippen LogP contribution in [0.1, 0.15) is 5.56 Å². The summed E-state index contributed by atoms with van der Waals surface area (Å²) in [5.74, 6) is -0.858. The normalized spacial score (nSPS) is 10.9. The number of alkyl halides is 3. The first kappa shape index (κ1) is 18.3. The molecule has 120 valence electrons. The Kier molecular flexibility index (Phi) is 6.69. The predicted octanol–water partition coefficient (Wildman–Crippen LogP) is 2.86. The summed E-state index contributed by atoms with van der Waals surface area (Å²) in [6.07, 6.45) is -2.48. The number of aromatic nitrogens is 1. The number of hydrogen-bond donors (Lipinski definition) is 2. The van der Waals surface area contributed by atoms with Crippen molar-refractivity contribution in [2.45, 2.75) is 11.2 Å². The molecular weight excluding hydrogens is 343 g/mol. The lowest BCUT2D eigenvalue weighted by molar-refractivity contribution is -0.137. The van der Waals surface area contributed by atoms with E-state index in [9.17, 15) is 22.8 Å². The van der Waals surface area contributed by atoms with Crippen LogP contribution in [0, 0.1) is 0 Å². The molecule has 0 radical (unpaired) electrons. The molecule has 5 nitrogen and oxygen atoms in total. The molecule has 0 spiro atoms. The van der Waals surface area contributed by atoms with E-state index in [1.165, 1.54) is 6.08 Å². The molecular formula is C12H11ClF3N3O2S. The van der Waals surface area contributed by atoms with E-state index in [0.29, 0.717) is 6.20 Å². The molecule has 0 aliphatic rings. The molecule has 22 heavy (non-hydrogen) atoms. The van der Waals surface area contributed by atoms with Crippen molar-refractivity contribution in [1.29, 1.82) is 0 Å². The summed E-state index contributed by atoms with van der Waals surface area (Å²) in [7, 11) is 0. The number of amides is 3. The maximum Gasteiger partial charge on any atom is 0.417 e. The summed E-state index contributed by atoms with van der Waals surface area (Å²) in [5.41, 5.74) is -0.977. The second-order valence-electron chi connectivity index (χ2n) is 3.84. The van der Waals surface area contributed by atoms with Crippen LogP contribution in [0.3, 0.4) is 0 Å². The lowest BCUT2D eigenvalue weighted by atomic mass is 10.3. The van der Waals surface area contributed by atoms with Gasteiger partial charge in [0.05, 0.1) is 16.3 Å². The summed E-state index contributed by atoms with van der Waals surface area (Å²) in [5, 5.41) is 4.21. The van der Waals surface area contributed by atoms with Gasteiger partial charge >= 0.3 is 12.2 Å². The van der Waals surface area contributed by atoms with Gasteiger partial charge in [-0.2, -0.15) is 13.2 Å². The summed E-state index contributed by atoms with van der Waals surface area (Å²) in [6, 6.07) is 0.0305. The van der Waals surface area contributed by atoms with Crippen LogP contribution in [0.15, 0.2) is 29.9 Å². The fourth-order valence-corrected chi connectivity index (χ4v) is 2.19. The molecule has 3 amide bonds. The van der Waals surface area contributed by atoms with Crippen LogP contribution >= 0.6 is 23.4 Å². The lowest BCUT2D eigenvalue weighted by Crippen LogP contribution is -2.40. The number of pyridine rings is 1. The van der Waals surface area contributed by atoms with Gasteiger partial charge in [0.25, 0.3) is 0 Å². The Morgan fingerprint density at radius 2 is 2.14 bits per heavy atom. The molecule has 0 saturated carbocycles. The van der Waals surface area contributed by atoms with Gasteiger partial charge in [0.2, 0.25) is 5.91 Å². The number of rotatable bonds is 5. The molecule has 0 atom stereocenters. The molecule has 1 heterocycles. The molecule has 0 aromatic carbocycles. The van der Waals surface area contributed by atoms with Crippen LogP contribution < -0.4 is 10.6 Å². The van der Waals surface area contributed by atoms with Crippen LogP contribution in [-0.4, -0.2) is 29.2 Å². The van der Waals surface area contributed by atoms with Crippen molar-refractivity contribution in [2.24, 2.45) is 0 Å². The van der Waals surface area contributed by atoms with Crippen molar-refractivity contribution in [3.8, 4) is 0 Å². The van der Waals surface area contributed by atoms with Gasteiger partial charge in [-0.1, -0.05) is 29.4 Å². The molecule has 2 N–H and O–H groups in total. The van der Waals surface area contributed by atoms with Gasteiger partial charge in [0, 0.05) is 12.7 Å². The molecule has 1 rings (SSSR count).